The fourth-order valence-corrected chi connectivity index (χ4v) is 10.6. The van der Waals surface area contributed by atoms with Gasteiger partial charge in [-0.2, -0.15) is 0 Å². The first-order valence-corrected chi connectivity index (χ1v) is 29.9. The maximum Gasteiger partial charge on any atom is 0.472 e. The van der Waals surface area contributed by atoms with E-state index in [0.29, 0.717) is 12.8 Å². The van der Waals surface area contributed by atoms with Crippen LogP contribution in [0, 0.1) is 0 Å². The zero-order valence-electron chi connectivity index (χ0n) is 45.0. The molecule has 3 rings (SSSR count). The van der Waals surface area contributed by atoms with Crippen LogP contribution in [0.5, 0.6) is 0 Å². The third kappa shape index (κ3) is 24.3. The summed E-state index contributed by atoms with van der Waals surface area (Å²) in [4.78, 5) is 37.4. The van der Waals surface area contributed by atoms with Crippen LogP contribution in [0.2, 0.25) is 0 Å². The predicted octanol–water partition coefficient (Wildman–Crippen LogP) is 2.98. The largest absolute Gasteiger partial charge is 0.472 e. The highest BCUT2D eigenvalue weighted by Gasteiger charge is 2.58. The molecular formula is C52H97O23P. The van der Waals surface area contributed by atoms with Gasteiger partial charge in [0.15, 0.2) is 18.7 Å². The number of rotatable bonds is 41. The van der Waals surface area contributed by atoms with E-state index in [1.807, 2.05) is 0 Å². The van der Waals surface area contributed by atoms with Crippen LogP contribution in [0.25, 0.3) is 0 Å². The average molecular weight is 1120 g/mol. The number of aliphatic hydroxyl groups excluding tert-OH is 11. The van der Waals surface area contributed by atoms with Crippen LogP contribution in [0.3, 0.4) is 0 Å². The fourth-order valence-electron chi connectivity index (χ4n) is 9.65. The van der Waals surface area contributed by atoms with E-state index in [-0.39, 0.29) is 12.8 Å². The minimum atomic E-state index is -5.62. The van der Waals surface area contributed by atoms with Crippen LogP contribution < -0.4 is 0 Å². The topological polar surface area (TPSA) is 368 Å². The lowest BCUT2D eigenvalue weighted by Crippen LogP contribution is -2.69. The molecule has 0 amide bonds. The SMILES string of the molecule is CCCCCCCCCCCCCCCC(=O)OC(COC(=O)CCCCCCCCCCCCCC)COP(=O)(O)OC1C(OC2OC(CO)C(O)C(O)C2O)C(O)C(O)C(O)C1OC1OC(CO)C(O)C(O)C1O. The Morgan fingerprint density at radius 2 is 0.789 bits per heavy atom. The van der Waals surface area contributed by atoms with Gasteiger partial charge in [0.2, 0.25) is 0 Å². The zero-order chi connectivity index (χ0) is 56.0. The van der Waals surface area contributed by atoms with Gasteiger partial charge in [-0.25, -0.2) is 4.57 Å². The molecule has 2 heterocycles. The van der Waals surface area contributed by atoms with Gasteiger partial charge in [-0.15, -0.1) is 0 Å². The monoisotopic (exact) mass is 1120 g/mol. The van der Waals surface area contributed by atoms with Crippen molar-refractivity contribution in [1.29, 1.82) is 0 Å². The maximum absolute atomic E-state index is 14.0. The Labute approximate surface area is 449 Å². The van der Waals surface area contributed by atoms with E-state index in [1.54, 1.807) is 0 Å². The molecule has 23 nitrogen and oxygen atoms in total. The third-order valence-electron chi connectivity index (χ3n) is 14.4. The normalized spacial score (nSPS) is 32.2. The number of aliphatic hydroxyl groups is 11. The van der Waals surface area contributed by atoms with Crippen molar-refractivity contribution in [3.05, 3.63) is 0 Å². The molecule has 1 saturated carbocycles. The van der Waals surface area contributed by atoms with Crippen molar-refractivity contribution < 1.29 is 113 Å². The Hall–Kier alpha value is -1.55. The molecule has 16 atom stereocenters. The first kappa shape index (κ1) is 68.7. The molecule has 3 aliphatic rings. The van der Waals surface area contributed by atoms with Crippen molar-refractivity contribution in [2.45, 2.75) is 291 Å². The molecule has 76 heavy (non-hydrogen) atoms. The minimum absolute atomic E-state index is 0.0253. The molecule has 0 aromatic carbocycles. The second-order valence-corrected chi connectivity index (χ2v) is 22.2. The Bertz CT molecular complexity index is 1530. The summed E-state index contributed by atoms with van der Waals surface area (Å²) in [6, 6.07) is 0. The molecule has 3 fully saturated rings. The summed E-state index contributed by atoms with van der Waals surface area (Å²) in [7, 11) is -5.62. The summed E-state index contributed by atoms with van der Waals surface area (Å²) in [5.41, 5.74) is 0. The first-order valence-electron chi connectivity index (χ1n) is 28.4. The van der Waals surface area contributed by atoms with Crippen molar-refractivity contribution in [2.24, 2.45) is 0 Å². The number of hydrogen-bond acceptors (Lipinski definition) is 22. The Balaban J connectivity index is 1.73. The van der Waals surface area contributed by atoms with Crippen LogP contribution in [0.4, 0.5) is 0 Å². The van der Waals surface area contributed by atoms with Crippen LogP contribution in [-0.4, -0.2) is 204 Å². The molecule has 0 spiro atoms. The highest BCUT2D eigenvalue weighted by Crippen LogP contribution is 2.49. The van der Waals surface area contributed by atoms with Crippen molar-refractivity contribution >= 4 is 19.8 Å². The van der Waals surface area contributed by atoms with Gasteiger partial charge in [-0.1, -0.05) is 162 Å². The van der Waals surface area contributed by atoms with E-state index in [0.717, 1.165) is 57.8 Å². The number of ether oxygens (including phenoxy) is 6. The van der Waals surface area contributed by atoms with E-state index < -0.39 is 150 Å². The van der Waals surface area contributed by atoms with E-state index in [2.05, 4.69) is 13.8 Å². The molecule has 2 saturated heterocycles. The van der Waals surface area contributed by atoms with Crippen LogP contribution in [0.1, 0.15) is 187 Å². The number of phosphoric ester groups is 1. The molecule has 2 aliphatic heterocycles. The molecule has 12 N–H and O–H groups in total. The standard InChI is InChI=1S/C52H97O23P/c1-3-5-7-9-11-13-15-17-19-21-23-25-27-29-38(56)70-34(32-68-37(55)28-26-24-22-20-18-16-14-12-10-8-6-4-2)33-69-76(66,67)75-50-48(73-51-46(64)41(59)39(57)35(30-53)71-51)44(62)43(61)45(63)49(50)74-52-47(65)42(60)40(58)36(31-54)72-52/h34-36,39-54,57-65H,3-33H2,1-2H3,(H,66,67). The lowest BCUT2D eigenvalue weighted by molar-refractivity contribution is -0.360. The van der Waals surface area contributed by atoms with Gasteiger partial charge in [0, 0.05) is 12.8 Å². The number of carbonyl (C=O) groups excluding carboxylic acids is 2. The molecule has 0 bridgehead atoms. The molecular weight excluding hydrogens is 1020 g/mol. The van der Waals surface area contributed by atoms with Crippen LogP contribution >= 0.6 is 7.82 Å². The van der Waals surface area contributed by atoms with Gasteiger partial charge >= 0.3 is 19.8 Å². The number of esters is 2. The van der Waals surface area contributed by atoms with Crippen molar-refractivity contribution in [3.8, 4) is 0 Å². The summed E-state index contributed by atoms with van der Waals surface area (Å²) in [6.07, 6.45) is -7.53. The van der Waals surface area contributed by atoms with Gasteiger partial charge in [0.1, 0.15) is 92.1 Å². The molecule has 0 aromatic rings. The van der Waals surface area contributed by atoms with Crippen LogP contribution in [0.15, 0.2) is 0 Å². The van der Waals surface area contributed by atoms with E-state index in [9.17, 15) is 75.2 Å². The molecule has 0 aromatic heterocycles. The minimum Gasteiger partial charge on any atom is -0.462 e. The van der Waals surface area contributed by atoms with E-state index in [1.165, 1.54) is 89.9 Å². The van der Waals surface area contributed by atoms with Gasteiger partial charge in [0.05, 0.1) is 19.8 Å². The lowest BCUT2D eigenvalue weighted by Gasteiger charge is -2.49. The van der Waals surface area contributed by atoms with Crippen molar-refractivity contribution in [3.63, 3.8) is 0 Å². The second kappa shape index (κ2) is 38.2. The van der Waals surface area contributed by atoms with Gasteiger partial charge < -0.3 is 89.5 Å². The maximum atomic E-state index is 14.0. The summed E-state index contributed by atoms with van der Waals surface area (Å²) in [6.45, 7) is 0.996. The number of hydrogen-bond donors (Lipinski definition) is 12. The molecule has 24 heteroatoms. The van der Waals surface area contributed by atoms with Gasteiger partial charge in [-0.05, 0) is 12.8 Å². The zero-order valence-corrected chi connectivity index (χ0v) is 45.9. The number of carbonyl (C=O) groups is 2. The predicted molar refractivity (Wildman–Crippen MR) is 273 cm³/mol. The summed E-state index contributed by atoms with van der Waals surface area (Å²) in [5.74, 6) is -1.32. The summed E-state index contributed by atoms with van der Waals surface area (Å²) >= 11 is 0. The lowest BCUT2D eigenvalue weighted by atomic mass is 9.84. The third-order valence-corrected chi connectivity index (χ3v) is 15.4. The van der Waals surface area contributed by atoms with Gasteiger partial charge in [-0.3, -0.25) is 18.6 Å². The van der Waals surface area contributed by atoms with Crippen LogP contribution in [-0.2, 0) is 51.6 Å². The Morgan fingerprint density at radius 1 is 0.447 bits per heavy atom. The highest BCUT2D eigenvalue weighted by molar-refractivity contribution is 7.47. The Kier molecular flexibility index (Phi) is 34.6. The van der Waals surface area contributed by atoms with Crippen molar-refractivity contribution in [1.82, 2.24) is 0 Å². The molecule has 16 unspecified atom stereocenters. The molecule has 1 aliphatic carbocycles. The number of phosphoric acid groups is 1. The summed E-state index contributed by atoms with van der Waals surface area (Å²) < 4.78 is 58.0. The summed E-state index contributed by atoms with van der Waals surface area (Å²) in [5, 5.41) is 116. The van der Waals surface area contributed by atoms with E-state index in [4.69, 9.17) is 37.5 Å². The molecule has 448 valence electrons. The smallest absolute Gasteiger partial charge is 0.462 e. The highest BCUT2D eigenvalue weighted by atomic mass is 31.2. The quantitative estimate of drug-likeness (QED) is 0.0238. The average Bonchev–Trinajstić information content (AvgIpc) is 3.40. The van der Waals surface area contributed by atoms with Gasteiger partial charge in [0.25, 0.3) is 0 Å². The van der Waals surface area contributed by atoms with Crippen molar-refractivity contribution in [2.75, 3.05) is 26.4 Å². The Morgan fingerprint density at radius 3 is 1.16 bits per heavy atom. The van der Waals surface area contributed by atoms with E-state index >= 15 is 0 Å². The first-order chi connectivity index (χ1) is 36.4. The molecule has 0 radical (unpaired) electrons. The fraction of sp³-hybridized carbons (Fsp3) is 0.962. The second-order valence-electron chi connectivity index (χ2n) is 20.8. The number of unbranched alkanes of at least 4 members (excludes halogenated alkanes) is 23.